The van der Waals surface area contributed by atoms with Crippen LogP contribution in [-0.2, 0) is 5.54 Å². The Bertz CT molecular complexity index is 423. The Hall–Kier alpha value is -1.45. The van der Waals surface area contributed by atoms with Crippen LogP contribution >= 0.6 is 0 Å². The van der Waals surface area contributed by atoms with Crippen molar-refractivity contribution in [2.75, 3.05) is 0 Å². The molecule has 15 heavy (non-hydrogen) atoms. The molecule has 3 heteroatoms. The Balaban J connectivity index is 2.50. The van der Waals surface area contributed by atoms with Gasteiger partial charge in [-0.1, -0.05) is 24.3 Å². The molecule has 78 valence electrons. The molecule has 2 atom stereocenters. The highest BCUT2D eigenvalue weighted by Gasteiger charge is 2.32. The zero-order chi connectivity index (χ0) is 10.9. The quantitative estimate of drug-likeness (QED) is 0.712. The van der Waals surface area contributed by atoms with Crippen molar-refractivity contribution in [2.24, 2.45) is 11.5 Å². The first kappa shape index (κ1) is 10.1. The molecule has 0 radical (unpaired) electrons. The van der Waals surface area contributed by atoms with Crippen LogP contribution < -0.4 is 11.5 Å². The van der Waals surface area contributed by atoms with Crippen molar-refractivity contribution < 1.29 is 0 Å². The van der Waals surface area contributed by atoms with Crippen molar-refractivity contribution in [3.8, 4) is 0 Å². The lowest BCUT2D eigenvalue weighted by molar-refractivity contribution is 0.489. The smallest absolute Gasteiger partial charge is 0.0792 e. The van der Waals surface area contributed by atoms with E-state index in [0.717, 1.165) is 11.1 Å². The maximum absolute atomic E-state index is 6.33. The number of pyridine rings is 1. The van der Waals surface area contributed by atoms with Gasteiger partial charge in [0.15, 0.2) is 0 Å². The van der Waals surface area contributed by atoms with Crippen LogP contribution in [0.25, 0.3) is 0 Å². The number of aromatic nitrogens is 1. The molecule has 0 bridgehead atoms. The van der Waals surface area contributed by atoms with Gasteiger partial charge < -0.3 is 11.5 Å². The van der Waals surface area contributed by atoms with E-state index in [0.29, 0.717) is 0 Å². The van der Waals surface area contributed by atoms with Crippen molar-refractivity contribution in [2.45, 2.75) is 18.5 Å². The second-order valence-corrected chi connectivity index (χ2v) is 3.89. The minimum Gasteiger partial charge on any atom is -0.322 e. The van der Waals surface area contributed by atoms with Gasteiger partial charge in [0.2, 0.25) is 0 Å². The number of aryl methyl sites for hydroxylation is 1. The van der Waals surface area contributed by atoms with Gasteiger partial charge in [0, 0.05) is 18.4 Å². The molecule has 3 nitrogen and oxygen atoms in total. The van der Waals surface area contributed by atoms with Gasteiger partial charge in [0.25, 0.3) is 0 Å². The Kier molecular flexibility index (Phi) is 2.42. The summed E-state index contributed by atoms with van der Waals surface area (Å²) in [5.41, 5.74) is 13.9. The second kappa shape index (κ2) is 3.61. The van der Waals surface area contributed by atoms with Gasteiger partial charge in [-0.15, -0.1) is 0 Å². The highest BCUT2D eigenvalue weighted by Crippen LogP contribution is 2.28. The Morgan fingerprint density at radius 3 is 2.87 bits per heavy atom. The third-order valence-electron chi connectivity index (χ3n) is 2.84. The lowest BCUT2D eigenvalue weighted by Gasteiger charge is -2.34. The highest BCUT2D eigenvalue weighted by atomic mass is 14.9. The zero-order valence-corrected chi connectivity index (χ0v) is 8.72. The van der Waals surface area contributed by atoms with Crippen LogP contribution in [0.5, 0.6) is 0 Å². The van der Waals surface area contributed by atoms with E-state index in [9.17, 15) is 0 Å². The molecule has 1 aliphatic rings. The first-order chi connectivity index (χ1) is 7.14. The summed E-state index contributed by atoms with van der Waals surface area (Å²) in [4.78, 5) is 4.06. The summed E-state index contributed by atoms with van der Waals surface area (Å²) in [6.45, 7) is 2.00. The predicted molar refractivity (Wildman–Crippen MR) is 61.1 cm³/mol. The van der Waals surface area contributed by atoms with Gasteiger partial charge in [0.05, 0.1) is 5.54 Å². The van der Waals surface area contributed by atoms with Gasteiger partial charge in [-0.05, 0) is 24.1 Å². The number of hydrogen-bond acceptors (Lipinski definition) is 3. The van der Waals surface area contributed by atoms with Crippen molar-refractivity contribution in [3.63, 3.8) is 0 Å². The van der Waals surface area contributed by atoms with Crippen molar-refractivity contribution in [3.05, 3.63) is 53.9 Å². The molecule has 0 fully saturated rings. The first-order valence-electron chi connectivity index (χ1n) is 4.96. The average Bonchev–Trinajstić information content (AvgIpc) is 2.23. The van der Waals surface area contributed by atoms with Crippen molar-refractivity contribution >= 4 is 0 Å². The van der Waals surface area contributed by atoms with Crippen molar-refractivity contribution in [1.29, 1.82) is 0 Å². The SMILES string of the molecule is Cc1cnccc1C1(N)C=CC=CC1N. The van der Waals surface area contributed by atoms with Crippen LogP contribution in [0.2, 0.25) is 0 Å². The second-order valence-electron chi connectivity index (χ2n) is 3.89. The first-order valence-corrected chi connectivity index (χ1v) is 4.96. The summed E-state index contributed by atoms with van der Waals surface area (Å²) in [5, 5.41) is 0. The molecule has 0 aromatic carbocycles. The lowest BCUT2D eigenvalue weighted by atomic mass is 9.80. The van der Waals surface area contributed by atoms with Crippen molar-refractivity contribution in [1.82, 2.24) is 4.98 Å². The largest absolute Gasteiger partial charge is 0.322 e. The van der Waals surface area contributed by atoms with Gasteiger partial charge in [0.1, 0.15) is 0 Å². The number of nitrogens with zero attached hydrogens (tertiary/aromatic N) is 1. The summed E-state index contributed by atoms with van der Waals surface area (Å²) < 4.78 is 0. The standard InChI is InChI=1S/C12H15N3/c1-9-8-15-7-5-10(9)12(14)6-3-2-4-11(12)13/h2-8,11H,13-14H2,1H3. The molecule has 1 aromatic heterocycles. The van der Waals surface area contributed by atoms with E-state index in [1.54, 1.807) is 6.20 Å². The number of rotatable bonds is 1. The summed E-state index contributed by atoms with van der Waals surface area (Å²) in [6, 6.07) is 1.74. The molecule has 0 amide bonds. The fraction of sp³-hybridized carbons (Fsp3) is 0.250. The molecular formula is C12H15N3. The molecule has 4 N–H and O–H groups in total. The molecule has 0 aliphatic heterocycles. The third kappa shape index (κ3) is 1.60. The Morgan fingerprint density at radius 1 is 1.40 bits per heavy atom. The predicted octanol–water partition coefficient (Wildman–Crippen LogP) is 0.997. The molecule has 0 saturated carbocycles. The molecule has 1 heterocycles. The van der Waals surface area contributed by atoms with Gasteiger partial charge in [-0.2, -0.15) is 0 Å². The van der Waals surface area contributed by atoms with E-state index >= 15 is 0 Å². The Labute approximate surface area is 89.5 Å². The summed E-state index contributed by atoms with van der Waals surface area (Å²) in [6.07, 6.45) is 11.3. The molecule has 0 spiro atoms. The van der Waals surface area contributed by atoms with Crippen LogP contribution in [0.15, 0.2) is 42.8 Å². The normalized spacial score (nSPS) is 29.4. The minimum atomic E-state index is -0.609. The highest BCUT2D eigenvalue weighted by molar-refractivity contribution is 5.40. The van der Waals surface area contributed by atoms with Crippen LogP contribution in [0.1, 0.15) is 11.1 Å². The van der Waals surface area contributed by atoms with E-state index in [2.05, 4.69) is 4.98 Å². The van der Waals surface area contributed by atoms with Crippen LogP contribution in [0.4, 0.5) is 0 Å². The molecular weight excluding hydrogens is 186 g/mol. The fourth-order valence-electron chi connectivity index (χ4n) is 1.90. The summed E-state index contributed by atoms with van der Waals surface area (Å²) >= 11 is 0. The van der Waals surface area contributed by atoms with Gasteiger partial charge in [-0.25, -0.2) is 0 Å². The van der Waals surface area contributed by atoms with E-state index < -0.39 is 5.54 Å². The minimum absolute atomic E-state index is 0.191. The fourth-order valence-corrected chi connectivity index (χ4v) is 1.90. The summed E-state index contributed by atoms with van der Waals surface area (Å²) in [5.74, 6) is 0. The maximum atomic E-state index is 6.33. The molecule has 1 aromatic rings. The molecule has 2 unspecified atom stereocenters. The number of allylic oxidation sites excluding steroid dienone is 2. The Morgan fingerprint density at radius 2 is 2.20 bits per heavy atom. The number of nitrogens with two attached hydrogens (primary N) is 2. The monoisotopic (exact) mass is 201 g/mol. The van der Waals surface area contributed by atoms with Crippen LogP contribution in [0.3, 0.4) is 0 Å². The zero-order valence-electron chi connectivity index (χ0n) is 8.72. The molecule has 1 aliphatic carbocycles. The van der Waals surface area contributed by atoms with Crippen LogP contribution in [-0.4, -0.2) is 11.0 Å². The lowest BCUT2D eigenvalue weighted by Crippen LogP contribution is -2.51. The van der Waals surface area contributed by atoms with Gasteiger partial charge >= 0.3 is 0 Å². The number of hydrogen-bond donors (Lipinski definition) is 2. The third-order valence-corrected chi connectivity index (χ3v) is 2.84. The van der Waals surface area contributed by atoms with E-state index in [4.69, 9.17) is 11.5 Å². The summed E-state index contributed by atoms with van der Waals surface area (Å²) in [7, 11) is 0. The van der Waals surface area contributed by atoms with E-state index in [-0.39, 0.29) is 6.04 Å². The van der Waals surface area contributed by atoms with Crippen LogP contribution in [0, 0.1) is 6.92 Å². The van der Waals surface area contributed by atoms with E-state index in [1.165, 1.54) is 0 Å². The van der Waals surface area contributed by atoms with E-state index in [1.807, 2.05) is 43.5 Å². The molecule has 0 saturated heterocycles. The maximum Gasteiger partial charge on any atom is 0.0792 e. The average molecular weight is 201 g/mol. The molecule has 2 rings (SSSR count). The van der Waals surface area contributed by atoms with Gasteiger partial charge in [-0.3, -0.25) is 4.98 Å². The topological polar surface area (TPSA) is 64.9 Å².